The van der Waals surface area contributed by atoms with Crippen LogP contribution in [0.5, 0.6) is 0 Å². The molecule has 18 heavy (non-hydrogen) atoms. The molecule has 1 unspecified atom stereocenters. The quantitative estimate of drug-likeness (QED) is 0.821. The van der Waals surface area contributed by atoms with Crippen LogP contribution in [0.25, 0.3) is 0 Å². The molecular formula is C12H21N5O. The normalized spacial score (nSPS) is 20.2. The Labute approximate surface area is 108 Å². The molecule has 0 spiro atoms. The highest BCUT2D eigenvalue weighted by molar-refractivity contribution is 5.31. The van der Waals surface area contributed by atoms with Crippen LogP contribution in [0.4, 0.5) is 5.95 Å². The number of anilines is 1. The predicted octanol–water partition coefficient (Wildman–Crippen LogP) is 0.160. The van der Waals surface area contributed by atoms with Gasteiger partial charge in [-0.25, -0.2) is 4.98 Å². The SMILES string of the molecule is CCc1nnc(N2CCOC(CN)C2)nc1CC. The molecule has 1 aromatic heterocycles. The molecule has 0 aliphatic carbocycles. The lowest BCUT2D eigenvalue weighted by Gasteiger charge is -2.32. The van der Waals surface area contributed by atoms with Crippen LogP contribution in [0.1, 0.15) is 25.2 Å². The summed E-state index contributed by atoms with van der Waals surface area (Å²) in [5.74, 6) is 0.700. The van der Waals surface area contributed by atoms with Gasteiger partial charge >= 0.3 is 0 Å². The van der Waals surface area contributed by atoms with Crippen LogP contribution < -0.4 is 10.6 Å². The number of nitrogens with zero attached hydrogens (tertiary/aromatic N) is 4. The Morgan fingerprint density at radius 3 is 2.72 bits per heavy atom. The van der Waals surface area contributed by atoms with Gasteiger partial charge in [0.1, 0.15) is 0 Å². The number of hydrogen-bond acceptors (Lipinski definition) is 6. The lowest BCUT2D eigenvalue weighted by molar-refractivity contribution is 0.0459. The van der Waals surface area contributed by atoms with Gasteiger partial charge in [-0.3, -0.25) is 0 Å². The van der Waals surface area contributed by atoms with Gasteiger partial charge in [0.2, 0.25) is 5.95 Å². The van der Waals surface area contributed by atoms with Crippen molar-refractivity contribution in [2.45, 2.75) is 32.8 Å². The van der Waals surface area contributed by atoms with Crippen LogP contribution in [0, 0.1) is 0 Å². The molecule has 1 aliphatic heterocycles. The topological polar surface area (TPSA) is 77.2 Å². The largest absolute Gasteiger partial charge is 0.373 e. The van der Waals surface area contributed by atoms with E-state index < -0.39 is 0 Å². The van der Waals surface area contributed by atoms with Crippen molar-refractivity contribution in [1.82, 2.24) is 15.2 Å². The third-order valence-corrected chi connectivity index (χ3v) is 3.18. The Morgan fingerprint density at radius 1 is 1.28 bits per heavy atom. The summed E-state index contributed by atoms with van der Waals surface area (Å²) in [5.41, 5.74) is 7.67. The minimum absolute atomic E-state index is 0.0679. The second-order valence-corrected chi connectivity index (χ2v) is 4.39. The van der Waals surface area contributed by atoms with Crippen LogP contribution >= 0.6 is 0 Å². The fraction of sp³-hybridized carbons (Fsp3) is 0.750. The molecule has 6 heteroatoms. The number of aromatic nitrogens is 3. The molecule has 2 heterocycles. The first-order chi connectivity index (χ1) is 8.78. The van der Waals surface area contributed by atoms with Crippen molar-refractivity contribution >= 4 is 5.95 Å². The van der Waals surface area contributed by atoms with E-state index >= 15 is 0 Å². The van der Waals surface area contributed by atoms with Crippen molar-refractivity contribution in [3.8, 4) is 0 Å². The van der Waals surface area contributed by atoms with E-state index in [1.807, 2.05) is 0 Å². The van der Waals surface area contributed by atoms with Crippen LogP contribution in [-0.2, 0) is 17.6 Å². The third kappa shape index (κ3) is 2.76. The summed E-state index contributed by atoms with van der Waals surface area (Å²) < 4.78 is 5.54. The number of hydrogen-bond donors (Lipinski definition) is 1. The summed E-state index contributed by atoms with van der Waals surface area (Å²) in [6.07, 6.45) is 1.83. The van der Waals surface area contributed by atoms with Crippen LogP contribution in [0.3, 0.4) is 0 Å². The van der Waals surface area contributed by atoms with Gasteiger partial charge in [0.25, 0.3) is 0 Å². The molecule has 6 nitrogen and oxygen atoms in total. The van der Waals surface area contributed by atoms with Crippen molar-refractivity contribution in [3.63, 3.8) is 0 Å². The first-order valence-corrected chi connectivity index (χ1v) is 6.57. The predicted molar refractivity (Wildman–Crippen MR) is 69.6 cm³/mol. The van der Waals surface area contributed by atoms with Crippen molar-refractivity contribution < 1.29 is 4.74 Å². The van der Waals surface area contributed by atoms with Crippen LogP contribution in [-0.4, -0.2) is 47.5 Å². The van der Waals surface area contributed by atoms with E-state index in [1.54, 1.807) is 0 Å². The molecule has 0 aromatic carbocycles. The molecule has 1 saturated heterocycles. The zero-order valence-corrected chi connectivity index (χ0v) is 11.1. The second kappa shape index (κ2) is 6.06. The minimum atomic E-state index is 0.0679. The van der Waals surface area contributed by atoms with Crippen LogP contribution in [0.15, 0.2) is 0 Å². The minimum Gasteiger partial charge on any atom is -0.373 e. The molecule has 0 bridgehead atoms. The Bertz CT molecular complexity index is 398. The average Bonchev–Trinajstić information content (AvgIpc) is 2.46. The monoisotopic (exact) mass is 251 g/mol. The second-order valence-electron chi connectivity index (χ2n) is 4.39. The number of morpholine rings is 1. The third-order valence-electron chi connectivity index (χ3n) is 3.18. The van der Waals surface area contributed by atoms with E-state index in [0.29, 0.717) is 19.1 Å². The zero-order valence-electron chi connectivity index (χ0n) is 11.1. The molecule has 1 atom stereocenters. The molecule has 1 fully saturated rings. The molecule has 0 saturated carbocycles. The van der Waals surface area contributed by atoms with Crippen molar-refractivity contribution in [1.29, 1.82) is 0 Å². The van der Waals surface area contributed by atoms with Crippen molar-refractivity contribution in [2.75, 3.05) is 31.1 Å². The number of ether oxygens (including phenoxy) is 1. The van der Waals surface area contributed by atoms with E-state index in [0.717, 1.165) is 37.3 Å². The maximum atomic E-state index is 5.64. The van der Waals surface area contributed by atoms with Crippen molar-refractivity contribution in [2.24, 2.45) is 5.73 Å². The summed E-state index contributed by atoms with van der Waals surface area (Å²) in [4.78, 5) is 6.71. The number of rotatable bonds is 4. The first-order valence-electron chi connectivity index (χ1n) is 6.57. The van der Waals surface area contributed by atoms with E-state index in [1.165, 1.54) is 0 Å². The van der Waals surface area contributed by atoms with Gasteiger partial charge in [0.05, 0.1) is 24.1 Å². The van der Waals surface area contributed by atoms with E-state index in [-0.39, 0.29) is 6.10 Å². The van der Waals surface area contributed by atoms with Gasteiger partial charge < -0.3 is 15.4 Å². The van der Waals surface area contributed by atoms with Gasteiger partial charge in [-0.05, 0) is 12.8 Å². The molecule has 2 rings (SSSR count). The first kappa shape index (κ1) is 13.2. The van der Waals surface area contributed by atoms with Gasteiger partial charge in [0.15, 0.2) is 0 Å². The van der Waals surface area contributed by atoms with E-state index in [4.69, 9.17) is 10.5 Å². The van der Waals surface area contributed by atoms with E-state index in [9.17, 15) is 0 Å². The Morgan fingerprint density at radius 2 is 2.06 bits per heavy atom. The van der Waals surface area contributed by atoms with Gasteiger partial charge in [-0.15, -0.1) is 5.10 Å². The molecule has 1 aromatic rings. The fourth-order valence-electron chi connectivity index (χ4n) is 2.11. The summed E-state index contributed by atoms with van der Waals surface area (Å²) >= 11 is 0. The lowest BCUT2D eigenvalue weighted by Crippen LogP contribution is -2.46. The number of aryl methyl sites for hydroxylation is 2. The summed E-state index contributed by atoms with van der Waals surface area (Å²) in [7, 11) is 0. The molecule has 2 N–H and O–H groups in total. The highest BCUT2D eigenvalue weighted by atomic mass is 16.5. The Hall–Kier alpha value is -1.27. The number of nitrogens with two attached hydrogens (primary N) is 1. The molecule has 100 valence electrons. The molecule has 0 radical (unpaired) electrons. The van der Waals surface area contributed by atoms with E-state index in [2.05, 4.69) is 33.9 Å². The van der Waals surface area contributed by atoms with Gasteiger partial charge in [-0.2, -0.15) is 5.10 Å². The maximum Gasteiger partial charge on any atom is 0.245 e. The summed E-state index contributed by atoms with van der Waals surface area (Å²) in [6.45, 7) is 6.90. The van der Waals surface area contributed by atoms with Gasteiger partial charge in [0, 0.05) is 19.6 Å². The highest BCUT2D eigenvalue weighted by Gasteiger charge is 2.22. The fourth-order valence-corrected chi connectivity index (χ4v) is 2.11. The Kier molecular flexibility index (Phi) is 4.43. The average molecular weight is 251 g/mol. The maximum absolute atomic E-state index is 5.64. The zero-order chi connectivity index (χ0) is 13.0. The smallest absolute Gasteiger partial charge is 0.245 e. The van der Waals surface area contributed by atoms with Gasteiger partial charge in [-0.1, -0.05) is 13.8 Å². The summed E-state index contributed by atoms with van der Waals surface area (Å²) in [6, 6.07) is 0. The molecule has 0 amide bonds. The van der Waals surface area contributed by atoms with Crippen LogP contribution in [0.2, 0.25) is 0 Å². The standard InChI is InChI=1S/C12H21N5O/c1-3-10-11(4-2)15-16-12(14-10)17-5-6-18-9(7-13)8-17/h9H,3-8,13H2,1-2H3. The molecular weight excluding hydrogens is 230 g/mol. The Balaban J connectivity index is 2.17. The highest BCUT2D eigenvalue weighted by Crippen LogP contribution is 2.14. The van der Waals surface area contributed by atoms with Crippen molar-refractivity contribution in [3.05, 3.63) is 11.4 Å². The lowest BCUT2D eigenvalue weighted by atomic mass is 10.2. The molecule has 1 aliphatic rings. The summed E-state index contributed by atoms with van der Waals surface area (Å²) in [5, 5.41) is 8.49.